The second-order valence-corrected chi connectivity index (χ2v) is 35.5. The first-order valence-corrected chi connectivity index (χ1v) is 40.8. The molecule has 0 fully saturated rings. The lowest BCUT2D eigenvalue weighted by Crippen LogP contribution is -3.00. The van der Waals surface area contributed by atoms with Crippen LogP contribution in [0, 0.1) is 22.7 Å². The lowest BCUT2D eigenvalue weighted by molar-refractivity contribution is -0.445. The summed E-state index contributed by atoms with van der Waals surface area (Å²) in [6, 6.07) is 32.2. The normalized spacial score (nSPS) is 22.6. The smallest absolute Gasteiger partial charge is 0.259 e. The molecule has 16 nitrogen and oxygen atoms in total. The average molecular weight is 1630 g/mol. The number of rotatable bonds is 22. The van der Waals surface area contributed by atoms with Crippen molar-refractivity contribution in [1.29, 1.82) is 10.5 Å². The first kappa shape index (κ1) is 80.1. The highest BCUT2D eigenvalue weighted by Crippen LogP contribution is 2.58. The van der Waals surface area contributed by atoms with E-state index < -0.39 is 16.2 Å². The second-order valence-electron chi connectivity index (χ2n) is 32.0. The van der Waals surface area contributed by atoms with Gasteiger partial charge in [0.1, 0.15) is 0 Å². The van der Waals surface area contributed by atoms with Crippen molar-refractivity contribution in [2.45, 2.75) is 260 Å². The fourth-order valence-corrected chi connectivity index (χ4v) is 22.1. The maximum Gasteiger partial charge on any atom is 0.259 e. The summed E-state index contributed by atoms with van der Waals surface area (Å²) < 4.78 is 67.9. The standard InChI is InChI=1S/C42H56N4O4P.C33H39N2O3.C9H18ClN2OP.ClH.HI/c1-10-47-25-29-12-14-35-33(22-29)41(6,7)39-31-24-32-38(50-37(31)16-19-44(35)39)17-20-45-36-15-13-30(23-34(36)42(8,9)40(32)45)26-49-51(48-21-11-18-43)46(27(2)3)28(4)5;1-6-37-19-21-8-10-27-25(16-21)33(4,5)31-23-17-22-28(38-29(23)12-14-35(27)31)11-13-34-26-9-7-20(18-36)15-24(26)32(2,3)30(22)34;1-8(2)12(9(3)4)14(10)13-7-5-6-11;;/h12-15,22-24,27-28,37-38H,10-11,16-17,19-21,25-26H2,1-9H3;7-10,15-17,28-29,36H,6,11-14,18-19H2,1-5H3;8-9H,5,7H2,1-4H3;2*1H/q2*+1;;;/p-2/i2*1T;;;. The molecule has 0 aliphatic carbocycles. The molecule has 568 valence electrons. The molecule has 4 aromatic carbocycles. The summed E-state index contributed by atoms with van der Waals surface area (Å²) in [4.78, 5) is 5.08. The number of ether oxygens (including phenoxy) is 4. The van der Waals surface area contributed by atoms with Gasteiger partial charge in [-0.15, -0.1) is 0 Å². The van der Waals surface area contributed by atoms with Gasteiger partial charge in [0, 0.05) is 145 Å². The highest BCUT2D eigenvalue weighted by Gasteiger charge is 2.57. The molecule has 0 spiro atoms. The summed E-state index contributed by atoms with van der Waals surface area (Å²) in [6.07, 6.45) is 10.1. The van der Waals surface area contributed by atoms with Gasteiger partial charge in [0.2, 0.25) is 19.0 Å². The lowest BCUT2D eigenvalue weighted by Gasteiger charge is -2.42. The topological polar surface area (TPSA) is 151 Å². The third kappa shape index (κ3) is 15.8. The number of aliphatic hydroxyl groups excluding tert-OH is 1. The third-order valence-corrected chi connectivity index (χ3v) is 27.0. The van der Waals surface area contributed by atoms with Crippen molar-refractivity contribution >= 4 is 61.6 Å². The van der Waals surface area contributed by atoms with Gasteiger partial charge >= 0.3 is 0 Å². The van der Waals surface area contributed by atoms with E-state index in [0.29, 0.717) is 78.1 Å². The Bertz CT molecular complexity index is 4200. The van der Waals surface area contributed by atoms with Crippen molar-refractivity contribution in [2.75, 3.05) is 62.4 Å². The quantitative estimate of drug-likeness (QED) is 0.0344. The number of anilines is 2. The van der Waals surface area contributed by atoms with Crippen molar-refractivity contribution in [3.63, 3.8) is 0 Å². The van der Waals surface area contributed by atoms with Crippen LogP contribution in [-0.4, -0.2) is 136 Å². The monoisotopic (exact) mass is 1620 g/mol. The lowest BCUT2D eigenvalue weighted by atomic mass is 9.73. The van der Waals surface area contributed by atoms with Gasteiger partial charge < -0.3 is 83.8 Å². The number of halogens is 3. The molecule has 14 rings (SSSR count). The largest absolute Gasteiger partial charge is 1.00 e. The van der Waals surface area contributed by atoms with Crippen LogP contribution in [0.15, 0.2) is 119 Å². The van der Waals surface area contributed by atoms with Crippen molar-refractivity contribution in [2.24, 2.45) is 0 Å². The highest BCUT2D eigenvalue weighted by atomic mass is 127. The zero-order valence-electron chi connectivity index (χ0n) is 66.8. The Hall–Kier alpha value is -4.47. The van der Waals surface area contributed by atoms with E-state index in [1.807, 2.05) is 6.07 Å². The van der Waals surface area contributed by atoms with Gasteiger partial charge in [0.25, 0.3) is 8.53 Å². The van der Waals surface area contributed by atoms with Crippen molar-refractivity contribution in [3.05, 3.63) is 163 Å². The molecular weight excluding hydrogens is 1510 g/mol. The van der Waals surface area contributed by atoms with Crippen molar-refractivity contribution < 1.29 is 85.9 Å². The van der Waals surface area contributed by atoms with Crippen LogP contribution >= 0.6 is 27.4 Å². The molecule has 0 aromatic heterocycles. The molecule has 105 heavy (non-hydrogen) atoms. The van der Waals surface area contributed by atoms with Crippen LogP contribution in [0.5, 0.6) is 0 Å². The number of allylic oxidation sites excluding steroid dienone is 2. The average Bonchev–Trinajstić information content (AvgIpc) is 1.57. The molecule has 10 aliphatic rings. The van der Waals surface area contributed by atoms with Gasteiger partial charge in [-0.3, -0.25) is 0 Å². The third-order valence-electron chi connectivity index (χ3n) is 22.4. The molecule has 1 N–H and O–H groups in total. The summed E-state index contributed by atoms with van der Waals surface area (Å²) >= 11 is 6.13. The highest BCUT2D eigenvalue weighted by molar-refractivity contribution is 7.78. The summed E-state index contributed by atoms with van der Waals surface area (Å²) in [7, 11) is -2.40. The van der Waals surface area contributed by atoms with E-state index in [0.717, 1.165) is 68.6 Å². The zero-order chi connectivity index (χ0) is 75.2. The van der Waals surface area contributed by atoms with Gasteiger partial charge in [0.05, 0.1) is 99.9 Å². The number of fused-ring (bicyclic) bond motifs is 16. The molecule has 6 unspecified atom stereocenters. The first-order chi connectivity index (χ1) is 50.1. The zero-order valence-corrected chi connectivity index (χ0v) is 70.2. The van der Waals surface area contributed by atoms with Gasteiger partial charge in [-0.2, -0.15) is 19.7 Å². The molecule has 21 heteroatoms. The number of hydrogen-bond acceptors (Lipinski definition) is 14. The van der Waals surface area contributed by atoms with E-state index in [1.165, 1.54) is 95.7 Å². The molecule has 0 radical (unpaired) electrons. The van der Waals surface area contributed by atoms with E-state index in [-0.39, 0.29) is 108 Å². The van der Waals surface area contributed by atoms with Crippen molar-refractivity contribution in [1.82, 2.24) is 9.34 Å². The minimum absolute atomic E-state index is 0. The predicted molar refractivity (Wildman–Crippen MR) is 416 cm³/mol. The van der Waals surface area contributed by atoms with Crippen LogP contribution in [0.2, 0.25) is 0 Å². The molecule has 0 saturated heterocycles. The molecule has 6 atom stereocenters. The SMILES string of the molecule is CC(C)N(C(C)C)P(Cl)OCCC#N.[3H]CCOCc1ccc2c(c1)C(C)(C)C1=C3C=C4C5=[N+](CCC4OC3CCN12)c1ccc(CO)cc1C5(C)C.[3H]CCOCc1ccc2c(c1)C(C)(C)C1=[N+]2CCC2OC3CCN4C(=C3C=C12)C(C)(C)c1cc(COP(OCCC#N)N(C(C)C)C(C)C)ccc14.[Cl-].[I-]. The minimum Gasteiger partial charge on any atom is -1.00 e. The van der Waals surface area contributed by atoms with Crippen LogP contribution in [0.3, 0.4) is 0 Å². The van der Waals surface area contributed by atoms with Crippen LogP contribution in [0.4, 0.5) is 22.7 Å². The van der Waals surface area contributed by atoms with Gasteiger partial charge in [-0.1, -0.05) is 64.1 Å². The Morgan fingerprint density at radius 1 is 0.562 bits per heavy atom. The van der Waals surface area contributed by atoms with Gasteiger partial charge in [-0.05, 0) is 191 Å². The number of nitriles is 2. The Kier molecular flexibility index (Phi) is 25.9. The summed E-state index contributed by atoms with van der Waals surface area (Å²) in [5.41, 5.74) is 24.9. The number of hydrogen-bond donors (Lipinski definition) is 1. The van der Waals surface area contributed by atoms with E-state index in [1.54, 1.807) is 0 Å². The van der Waals surface area contributed by atoms with Crippen LogP contribution in [0.25, 0.3) is 0 Å². The number of aliphatic hydroxyl groups is 1. The van der Waals surface area contributed by atoms with E-state index >= 15 is 0 Å². The maximum absolute atomic E-state index is 9.82. The molecule has 0 bridgehead atoms. The van der Waals surface area contributed by atoms with E-state index in [9.17, 15) is 5.11 Å². The predicted octanol–water partition coefficient (Wildman–Crippen LogP) is 12.1. The Morgan fingerprint density at radius 2 is 0.971 bits per heavy atom. The molecule has 10 heterocycles. The fourth-order valence-electron chi connectivity index (χ4n) is 18.2. The van der Waals surface area contributed by atoms with Gasteiger partial charge in [-0.25, -0.2) is 9.34 Å². The minimum atomic E-state index is -1.32. The summed E-state index contributed by atoms with van der Waals surface area (Å²) in [5.74, 6) is 0. The first-order valence-electron chi connectivity index (χ1n) is 39.0. The molecule has 10 aliphatic heterocycles. The summed E-state index contributed by atoms with van der Waals surface area (Å²) in [5, 5.41) is 27.3. The molecule has 4 aromatic rings. The molecular formula is C84H113Cl2IN8O8P2. The van der Waals surface area contributed by atoms with E-state index in [4.69, 9.17) is 57.0 Å². The fraction of sp³-hybridized carbons (Fsp3) is 0.571. The van der Waals surface area contributed by atoms with Crippen molar-refractivity contribution in [3.8, 4) is 12.1 Å². The van der Waals surface area contributed by atoms with Crippen LogP contribution in [-0.2, 0) is 80.6 Å². The second kappa shape index (κ2) is 34.0. The Labute approximate surface area is 660 Å². The molecule has 0 amide bonds. The van der Waals surface area contributed by atoms with Crippen LogP contribution < -0.4 is 46.2 Å². The number of benzene rings is 4. The van der Waals surface area contributed by atoms with Gasteiger partial charge in [0.15, 0.2) is 24.5 Å². The Morgan fingerprint density at radius 3 is 1.40 bits per heavy atom. The summed E-state index contributed by atoms with van der Waals surface area (Å²) in [6.45, 7) is 43.5. The molecule has 0 saturated carbocycles. The van der Waals surface area contributed by atoms with Crippen LogP contribution in [0.1, 0.15) is 210 Å². The number of nitrogens with zero attached hydrogens (tertiary/aromatic N) is 8. The Balaban J connectivity index is 0.000000196. The van der Waals surface area contributed by atoms with E-state index in [2.05, 4.69) is 230 Å². The maximum atomic E-state index is 9.82.